The minimum Gasteiger partial charge on any atom is -0.491 e. The standard InChI is InChI=1S/C16H17NO3S/c18-16(15-4-2-10-21-15)17-12-5-7-13(8-6-12)20-11-14-3-1-9-19-14/h2,4-8,10,14H,1,3,9,11H2,(H,17,18)/t14-/m1/s1. The highest BCUT2D eigenvalue weighted by atomic mass is 32.1. The molecule has 1 aliphatic rings. The van der Waals surface area contributed by atoms with E-state index < -0.39 is 0 Å². The van der Waals surface area contributed by atoms with E-state index >= 15 is 0 Å². The topological polar surface area (TPSA) is 47.6 Å². The number of carbonyl (C=O) groups excluding carboxylic acids is 1. The zero-order valence-corrected chi connectivity index (χ0v) is 12.4. The lowest BCUT2D eigenvalue weighted by Crippen LogP contribution is -2.16. The molecule has 21 heavy (non-hydrogen) atoms. The van der Waals surface area contributed by atoms with Crippen LogP contribution in [0.3, 0.4) is 0 Å². The van der Waals surface area contributed by atoms with Gasteiger partial charge in [-0.15, -0.1) is 11.3 Å². The average molecular weight is 303 g/mol. The highest BCUT2D eigenvalue weighted by Crippen LogP contribution is 2.19. The van der Waals surface area contributed by atoms with Crippen molar-refractivity contribution in [1.82, 2.24) is 0 Å². The van der Waals surface area contributed by atoms with E-state index in [0.29, 0.717) is 11.5 Å². The molecule has 1 aromatic heterocycles. The minimum atomic E-state index is -0.0852. The van der Waals surface area contributed by atoms with E-state index in [1.807, 2.05) is 35.7 Å². The summed E-state index contributed by atoms with van der Waals surface area (Å²) in [5.41, 5.74) is 0.762. The molecule has 0 saturated carbocycles. The molecule has 1 fully saturated rings. The average Bonchev–Trinajstić information content (AvgIpc) is 3.20. The first-order chi connectivity index (χ1) is 10.3. The normalized spacial score (nSPS) is 17.6. The van der Waals surface area contributed by atoms with Crippen LogP contribution >= 0.6 is 11.3 Å². The van der Waals surface area contributed by atoms with Crippen LogP contribution in [0.2, 0.25) is 0 Å². The van der Waals surface area contributed by atoms with Crippen molar-refractivity contribution in [3.63, 3.8) is 0 Å². The molecule has 2 heterocycles. The number of benzene rings is 1. The van der Waals surface area contributed by atoms with Crippen molar-refractivity contribution in [2.24, 2.45) is 0 Å². The molecular weight excluding hydrogens is 286 g/mol. The maximum absolute atomic E-state index is 11.9. The van der Waals surface area contributed by atoms with Gasteiger partial charge in [-0.25, -0.2) is 0 Å². The van der Waals surface area contributed by atoms with Crippen LogP contribution in [0.25, 0.3) is 0 Å². The molecule has 1 amide bonds. The molecule has 0 unspecified atom stereocenters. The van der Waals surface area contributed by atoms with Crippen LogP contribution in [0, 0.1) is 0 Å². The number of anilines is 1. The quantitative estimate of drug-likeness (QED) is 0.918. The largest absolute Gasteiger partial charge is 0.491 e. The number of ether oxygens (including phenoxy) is 2. The molecule has 1 saturated heterocycles. The molecular formula is C16H17NO3S. The van der Waals surface area contributed by atoms with Gasteiger partial charge in [0.25, 0.3) is 5.91 Å². The third-order valence-corrected chi connectivity index (χ3v) is 4.19. The van der Waals surface area contributed by atoms with Gasteiger partial charge in [0.15, 0.2) is 0 Å². The van der Waals surface area contributed by atoms with Crippen molar-refractivity contribution < 1.29 is 14.3 Å². The maximum atomic E-state index is 11.9. The van der Waals surface area contributed by atoms with Crippen molar-refractivity contribution in [1.29, 1.82) is 0 Å². The number of carbonyl (C=O) groups is 1. The van der Waals surface area contributed by atoms with Gasteiger partial charge >= 0.3 is 0 Å². The zero-order valence-electron chi connectivity index (χ0n) is 11.6. The molecule has 110 valence electrons. The Morgan fingerprint density at radius 2 is 2.19 bits per heavy atom. The second-order valence-corrected chi connectivity index (χ2v) is 5.85. The van der Waals surface area contributed by atoms with Gasteiger partial charge in [-0.1, -0.05) is 6.07 Å². The summed E-state index contributed by atoms with van der Waals surface area (Å²) in [6, 6.07) is 11.1. The van der Waals surface area contributed by atoms with E-state index in [0.717, 1.165) is 30.9 Å². The first-order valence-corrected chi connectivity index (χ1v) is 7.88. The molecule has 1 N–H and O–H groups in total. The molecule has 1 aliphatic heterocycles. The van der Waals surface area contributed by atoms with E-state index in [1.165, 1.54) is 11.3 Å². The van der Waals surface area contributed by atoms with E-state index in [2.05, 4.69) is 5.32 Å². The van der Waals surface area contributed by atoms with Gasteiger partial charge in [-0.3, -0.25) is 4.79 Å². The van der Waals surface area contributed by atoms with Gasteiger partial charge in [0.05, 0.1) is 11.0 Å². The summed E-state index contributed by atoms with van der Waals surface area (Å²) in [6.45, 7) is 1.42. The first-order valence-electron chi connectivity index (χ1n) is 7.00. The van der Waals surface area contributed by atoms with Crippen LogP contribution in [0.1, 0.15) is 22.5 Å². The van der Waals surface area contributed by atoms with Crippen LogP contribution in [0.5, 0.6) is 5.75 Å². The third kappa shape index (κ3) is 3.83. The van der Waals surface area contributed by atoms with Gasteiger partial charge in [-0.05, 0) is 48.6 Å². The lowest BCUT2D eigenvalue weighted by molar-refractivity contribution is 0.0679. The number of hydrogen-bond donors (Lipinski definition) is 1. The molecule has 2 aromatic rings. The fraction of sp³-hybridized carbons (Fsp3) is 0.312. The predicted molar refractivity (Wildman–Crippen MR) is 83.2 cm³/mol. The zero-order chi connectivity index (χ0) is 14.5. The van der Waals surface area contributed by atoms with Gasteiger partial charge < -0.3 is 14.8 Å². The van der Waals surface area contributed by atoms with Crippen LogP contribution in [0.15, 0.2) is 41.8 Å². The molecule has 0 bridgehead atoms. The third-order valence-electron chi connectivity index (χ3n) is 3.32. The predicted octanol–water partition coefficient (Wildman–Crippen LogP) is 3.56. The number of thiophene rings is 1. The number of amides is 1. The summed E-state index contributed by atoms with van der Waals surface area (Å²) < 4.78 is 11.2. The Labute approximate surface area is 127 Å². The van der Waals surface area contributed by atoms with Crippen LogP contribution in [0.4, 0.5) is 5.69 Å². The SMILES string of the molecule is O=C(Nc1ccc(OC[C@H]2CCCO2)cc1)c1cccs1. The van der Waals surface area contributed by atoms with Crippen molar-refractivity contribution in [2.45, 2.75) is 18.9 Å². The molecule has 3 rings (SSSR count). The summed E-state index contributed by atoms with van der Waals surface area (Å²) in [5, 5.41) is 4.75. The Morgan fingerprint density at radius 1 is 1.33 bits per heavy atom. The second kappa shape index (κ2) is 6.74. The fourth-order valence-electron chi connectivity index (χ4n) is 2.20. The number of rotatable bonds is 5. The summed E-state index contributed by atoms with van der Waals surface area (Å²) in [7, 11) is 0. The van der Waals surface area contributed by atoms with E-state index in [-0.39, 0.29) is 12.0 Å². The molecule has 1 aromatic carbocycles. The van der Waals surface area contributed by atoms with Crippen molar-refractivity contribution in [3.05, 3.63) is 46.7 Å². The minimum absolute atomic E-state index is 0.0852. The lowest BCUT2D eigenvalue weighted by Gasteiger charge is -2.12. The number of hydrogen-bond acceptors (Lipinski definition) is 4. The second-order valence-electron chi connectivity index (χ2n) is 4.90. The van der Waals surface area contributed by atoms with E-state index in [4.69, 9.17) is 9.47 Å². The summed E-state index contributed by atoms with van der Waals surface area (Å²) in [5.74, 6) is 0.706. The molecule has 1 atom stereocenters. The monoisotopic (exact) mass is 303 g/mol. The van der Waals surface area contributed by atoms with Crippen LogP contribution < -0.4 is 10.1 Å². The van der Waals surface area contributed by atoms with Gasteiger partial charge in [-0.2, -0.15) is 0 Å². The molecule has 5 heteroatoms. The highest BCUT2D eigenvalue weighted by molar-refractivity contribution is 7.12. The first kappa shape index (κ1) is 14.1. The van der Waals surface area contributed by atoms with Gasteiger partial charge in [0.2, 0.25) is 0 Å². The molecule has 0 aliphatic carbocycles. The van der Waals surface area contributed by atoms with Gasteiger partial charge in [0.1, 0.15) is 12.4 Å². The van der Waals surface area contributed by atoms with Gasteiger partial charge in [0, 0.05) is 12.3 Å². The van der Waals surface area contributed by atoms with Crippen molar-refractivity contribution in [3.8, 4) is 5.75 Å². The van der Waals surface area contributed by atoms with E-state index in [1.54, 1.807) is 6.07 Å². The Balaban J connectivity index is 1.52. The molecule has 0 spiro atoms. The smallest absolute Gasteiger partial charge is 0.265 e. The van der Waals surface area contributed by atoms with Crippen molar-refractivity contribution in [2.75, 3.05) is 18.5 Å². The summed E-state index contributed by atoms with van der Waals surface area (Å²) in [6.07, 6.45) is 2.39. The van der Waals surface area contributed by atoms with Crippen LogP contribution in [-0.4, -0.2) is 25.2 Å². The Morgan fingerprint density at radius 3 is 2.86 bits per heavy atom. The fourth-order valence-corrected chi connectivity index (χ4v) is 2.82. The maximum Gasteiger partial charge on any atom is 0.265 e. The van der Waals surface area contributed by atoms with Crippen LogP contribution in [-0.2, 0) is 4.74 Å². The van der Waals surface area contributed by atoms with Crippen molar-refractivity contribution >= 4 is 22.9 Å². The van der Waals surface area contributed by atoms with E-state index in [9.17, 15) is 4.79 Å². The summed E-state index contributed by atoms with van der Waals surface area (Å²) >= 11 is 1.43. The summed E-state index contributed by atoms with van der Waals surface area (Å²) in [4.78, 5) is 12.6. The molecule has 0 radical (unpaired) electrons. The Kier molecular flexibility index (Phi) is 4.52. The lowest BCUT2D eigenvalue weighted by atomic mass is 10.2. The number of nitrogens with one attached hydrogen (secondary N) is 1. The Hall–Kier alpha value is -1.85. The molecule has 4 nitrogen and oxygen atoms in total. The highest BCUT2D eigenvalue weighted by Gasteiger charge is 2.15. The Bertz CT molecular complexity index is 574.